The lowest BCUT2D eigenvalue weighted by molar-refractivity contribution is -0.151. The second-order valence-electron chi connectivity index (χ2n) is 8.99. The van der Waals surface area contributed by atoms with Crippen molar-refractivity contribution in [2.75, 3.05) is 72.7 Å². The molecule has 0 spiro atoms. The summed E-state index contributed by atoms with van der Waals surface area (Å²) in [6, 6.07) is 0. The Bertz CT molecular complexity index is 564. The van der Waals surface area contributed by atoms with Crippen LogP contribution >= 0.6 is 0 Å². The molecule has 0 aromatic carbocycles. The Hall–Kier alpha value is -1.94. The summed E-state index contributed by atoms with van der Waals surface area (Å²) in [5, 5.41) is 77.4. The van der Waals surface area contributed by atoms with Crippen molar-refractivity contribution < 1.29 is 65.0 Å². The van der Waals surface area contributed by atoms with Crippen LogP contribution in [0.2, 0.25) is 0 Å². The van der Waals surface area contributed by atoms with Crippen LogP contribution in [0.1, 0.15) is 27.2 Å². The normalized spacial score (nSPS) is 11.4. The average molecular weight is 543 g/mol. The highest BCUT2D eigenvalue weighted by Gasteiger charge is 2.32. The van der Waals surface area contributed by atoms with Gasteiger partial charge in [-0.2, -0.15) is 0 Å². The van der Waals surface area contributed by atoms with Crippen molar-refractivity contribution in [2.45, 2.75) is 27.2 Å². The van der Waals surface area contributed by atoms with Crippen molar-refractivity contribution in [3.05, 3.63) is 24.3 Å². The van der Waals surface area contributed by atoms with Crippen LogP contribution < -0.4 is 0 Å². The molecule has 0 bridgehead atoms. The van der Waals surface area contributed by atoms with E-state index >= 15 is 0 Å². The monoisotopic (exact) mass is 542 g/mol. The van der Waals surface area contributed by atoms with E-state index in [2.05, 4.69) is 13.2 Å². The number of carbonyl (C=O) groups is 2. The maximum absolute atomic E-state index is 11.3. The molecule has 220 valence electrons. The Balaban J connectivity index is -0.000000534. The number of rotatable bonds is 16. The number of hydrogen-bond donors (Lipinski definition) is 9. The largest absolute Gasteiger partial charge is 0.462 e. The van der Waals surface area contributed by atoms with Crippen LogP contribution in [-0.4, -0.2) is 131 Å². The SMILES string of the molecule is C=C(C)C(=O)OCC(CC)(CO)COC(=O)C(=C)C.OCC(CO)(CO)CO.OCC(CO)(CO)CO. The molecule has 0 amide bonds. The van der Waals surface area contributed by atoms with Crippen molar-refractivity contribution in [3.63, 3.8) is 0 Å². The summed E-state index contributed by atoms with van der Waals surface area (Å²) in [6.07, 6.45) is 0.496. The van der Waals surface area contributed by atoms with Gasteiger partial charge in [0.05, 0.1) is 75.7 Å². The van der Waals surface area contributed by atoms with Crippen LogP contribution in [0.5, 0.6) is 0 Å². The Kier molecular flexibility index (Phi) is 22.5. The van der Waals surface area contributed by atoms with Crippen LogP contribution in [0, 0.1) is 16.2 Å². The van der Waals surface area contributed by atoms with Crippen molar-refractivity contribution in [3.8, 4) is 0 Å². The molecule has 0 fully saturated rings. The predicted molar refractivity (Wildman–Crippen MR) is 133 cm³/mol. The van der Waals surface area contributed by atoms with Gasteiger partial charge in [0, 0.05) is 11.1 Å². The number of aliphatic hydroxyl groups excluding tert-OH is 9. The molecule has 0 radical (unpaired) electrons. The minimum atomic E-state index is -1.11. The fourth-order valence-corrected chi connectivity index (χ4v) is 1.73. The fourth-order valence-electron chi connectivity index (χ4n) is 1.73. The Morgan fingerprint density at radius 1 is 0.541 bits per heavy atom. The van der Waals surface area contributed by atoms with Gasteiger partial charge >= 0.3 is 11.9 Å². The van der Waals surface area contributed by atoms with Crippen LogP contribution in [0.25, 0.3) is 0 Å². The van der Waals surface area contributed by atoms with Crippen molar-refractivity contribution in [1.82, 2.24) is 0 Å². The lowest BCUT2D eigenvalue weighted by atomic mass is 9.88. The first-order chi connectivity index (χ1) is 17.3. The molecule has 0 atom stereocenters. The van der Waals surface area contributed by atoms with E-state index in [0.717, 1.165) is 0 Å². The summed E-state index contributed by atoms with van der Waals surface area (Å²) >= 11 is 0. The summed E-state index contributed by atoms with van der Waals surface area (Å²) in [5.41, 5.74) is -2.46. The van der Waals surface area contributed by atoms with Gasteiger partial charge in [-0.15, -0.1) is 0 Å². The van der Waals surface area contributed by atoms with E-state index in [1.807, 2.05) is 6.92 Å². The molecule has 0 saturated heterocycles. The van der Waals surface area contributed by atoms with Gasteiger partial charge < -0.3 is 55.4 Å². The first kappa shape index (κ1) is 39.6. The van der Waals surface area contributed by atoms with Gasteiger partial charge in [0.2, 0.25) is 0 Å². The van der Waals surface area contributed by atoms with Crippen LogP contribution in [0.4, 0.5) is 0 Å². The summed E-state index contributed by atoms with van der Waals surface area (Å²) in [7, 11) is 0. The minimum Gasteiger partial charge on any atom is -0.462 e. The quantitative estimate of drug-likeness (QED) is 0.0725. The average Bonchev–Trinajstić information content (AvgIpc) is 2.92. The maximum atomic E-state index is 11.3. The molecule has 0 aliphatic heterocycles. The summed E-state index contributed by atoms with van der Waals surface area (Å²) < 4.78 is 10.1. The van der Waals surface area contributed by atoms with E-state index in [4.69, 9.17) is 50.3 Å². The molecule has 13 heteroatoms. The van der Waals surface area contributed by atoms with E-state index < -0.39 is 81.0 Å². The summed E-state index contributed by atoms with van der Waals surface area (Å²) in [5.74, 6) is -1.06. The number of ether oxygens (including phenoxy) is 2. The first-order valence-corrected chi connectivity index (χ1v) is 11.4. The third kappa shape index (κ3) is 15.2. The van der Waals surface area contributed by atoms with Gasteiger partial charge in [-0.1, -0.05) is 20.1 Å². The van der Waals surface area contributed by atoms with Crippen LogP contribution in [0.15, 0.2) is 24.3 Å². The molecule has 0 aliphatic rings. The second-order valence-corrected chi connectivity index (χ2v) is 8.99. The molecular formula is C24H46O13. The third-order valence-electron chi connectivity index (χ3n) is 5.48. The molecule has 0 aliphatic carbocycles. The van der Waals surface area contributed by atoms with Gasteiger partial charge in [0.25, 0.3) is 0 Å². The third-order valence-corrected chi connectivity index (χ3v) is 5.48. The standard InChI is InChI=1S/C14H22O5.2C5H12O4/c1-6-14(7-15,8-18-12(16)10(2)3)9-19-13(17)11(4)5;2*6-1-5(2-7,3-8)4-9/h15H,2,4,6-9H2,1,3,5H3;2*6-9H,1-4H2. The molecule has 37 heavy (non-hydrogen) atoms. The fraction of sp³-hybridized carbons (Fsp3) is 0.750. The highest BCUT2D eigenvalue weighted by Crippen LogP contribution is 2.23. The van der Waals surface area contributed by atoms with E-state index in [1.165, 1.54) is 13.8 Å². The van der Waals surface area contributed by atoms with Gasteiger partial charge in [0.15, 0.2) is 0 Å². The predicted octanol–water partition coefficient (Wildman–Crippen LogP) is -2.50. The molecular weight excluding hydrogens is 496 g/mol. The van der Waals surface area contributed by atoms with Gasteiger partial charge in [-0.25, -0.2) is 9.59 Å². The van der Waals surface area contributed by atoms with Crippen molar-refractivity contribution >= 4 is 11.9 Å². The molecule has 0 saturated carbocycles. The summed E-state index contributed by atoms with van der Waals surface area (Å²) in [4.78, 5) is 22.7. The zero-order valence-corrected chi connectivity index (χ0v) is 22.1. The van der Waals surface area contributed by atoms with Gasteiger partial charge in [-0.05, 0) is 20.3 Å². The van der Waals surface area contributed by atoms with Crippen molar-refractivity contribution in [2.24, 2.45) is 16.2 Å². The Labute approximate surface area is 217 Å². The Morgan fingerprint density at radius 2 is 0.757 bits per heavy atom. The lowest BCUT2D eigenvalue weighted by Crippen LogP contribution is -2.37. The molecule has 0 heterocycles. The molecule has 0 aromatic heterocycles. The molecule has 0 aromatic rings. The molecule has 13 nitrogen and oxygen atoms in total. The molecule has 9 N–H and O–H groups in total. The number of esters is 2. The number of hydrogen-bond acceptors (Lipinski definition) is 13. The van der Waals surface area contributed by atoms with Crippen LogP contribution in [0.3, 0.4) is 0 Å². The topological polar surface area (TPSA) is 235 Å². The second kappa shape index (κ2) is 21.0. The van der Waals surface area contributed by atoms with Gasteiger partial charge in [0.1, 0.15) is 13.2 Å². The van der Waals surface area contributed by atoms with E-state index in [9.17, 15) is 14.7 Å². The lowest BCUT2D eigenvalue weighted by Gasteiger charge is -2.29. The number of carbonyl (C=O) groups excluding carboxylic acids is 2. The maximum Gasteiger partial charge on any atom is 0.333 e. The first-order valence-electron chi connectivity index (χ1n) is 11.4. The van der Waals surface area contributed by atoms with E-state index in [-0.39, 0.29) is 31.0 Å². The highest BCUT2D eigenvalue weighted by molar-refractivity contribution is 5.87. The molecule has 0 rings (SSSR count). The van der Waals surface area contributed by atoms with Crippen molar-refractivity contribution in [1.29, 1.82) is 0 Å². The van der Waals surface area contributed by atoms with Crippen LogP contribution in [-0.2, 0) is 19.1 Å². The minimum absolute atomic E-state index is 0.0326. The zero-order valence-electron chi connectivity index (χ0n) is 22.1. The zero-order chi connectivity index (χ0) is 29.7. The number of aliphatic hydroxyl groups is 9. The summed E-state index contributed by atoms with van der Waals surface area (Å²) in [6.45, 7) is 8.27. The van der Waals surface area contributed by atoms with E-state index in [1.54, 1.807) is 0 Å². The highest BCUT2D eigenvalue weighted by atomic mass is 16.5. The van der Waals surface area contributed by atoms with E-state index in [0.29, 0.717) is 6.42 Å². The van der Waals surface area contributed by atoms with Gasteiger partial charge in [-0.3, -0.25) is 0 Å². The molecule has 0 unspecified atom stereocenters. The Morgan fingerprint density at radius 3 is 0.865 bits per heavy atom. The smallest absolute Gasteiger partial charge is 0.333 e.